The molecule has 0 bridgehead atoms. The van der Waals surface area contributed by atoms with Crippen LogP contribution in [-0.2, 0) is 0 Å². The van der Waals surface area contributed by atoms with Gasteiger partial charge in [0.15, 0.2) is 0 Å². The van der Waals surface area contributed by atoms with E-state index in [4.69, 9.17) is 20.6 Å². The van der Waals surface area contributed by atoms with Crippen LogP contribution in [0.4, 0.5) is 0 Å². The molecule has 0 saturated heterocycles. The SMILES string of the molecule is [2H]C([2H])([2H])C([2H])([2H])[N+](CC(C)C)(C([2H])([2H])C([2H])([2H])[2H])C([2H])([2H])C([2H])([2H])[2H]. The first-order chi connectivity index (χ1) is 10.9. The molecule has 1 heteroatoms. The molecule has 0 N–H and O–H groups in total. The van der Waals surface area contributed by atoms with Crippen molar-refractivity contribution < 1.29 is 25.0 Å². The minimum atomic E-state index is -3.87. The smallest absolute Gasteiger partial charge is 0.0921 e. The molecule has 0 aliphatic heterocycles. The van der Waals surface area contributed by atoms with Gasteiger partial charge in [-0.3, -0.25) is 0 Å². The summed E-state index contributed by atoms with van der Waals surface area (Å²) in [6.45, 7) is -21.0. The summed E-state index contributed by atoms with van der Waals surface area (Å²) in [6.07, 6.45) is 0. The average Bonchev–Trinajstić information content (AvgIpc) is 2.30. The Kier molecular flexibility index (Phi) is 0.755. The molecule has 0 aliphatic carbocycles. The van der Waals surface area contributed by atoms with Gasteiger partial charge in [0.2, 0.25) is 0 Å². The van der Waals surface area contributed by atoms with Crippen LogP contribution >= 0.6 is 0 Å². The third-order valence-corrected chi connectivity index (χ3v) is 1.21. The highest BCUT2D eigenvalue weighted by Gasteiger charge is 2.21. The Morgan fingerprint density at radius 2 is 1.64 bits per heavy atom. The molecule has 0 amide bonds. The van der Waals surface area contributed by atoms with Crippen molar-refractivity contribution in [1.29, 1.82) is 0 Å². The highest BCUT2D eigenvalue weighted by atomic mass is 15.3. The molecule has 0 spiro atoms. The Bertz CT molecular complexity index is 429. The van der Waals surface area contributed by atoms with Gasteiger partial charge < -0.3 is 4.48 Å². The van der Waals surface area contributed by atoms with Crippen LogP contribution in [0.15, 0.2) is 0 Å². The van der Waals surface area contributed by atoms with Gasteiger partial charge >= 0.3 is 0 Å². The minimum absolute atomic E-state index is 0.831. The largest absolute Gasteiger partial charge is 0.324 e. The summed E-state index contributed by atoms with van der Waals surface area (Å²) in [4.78, 5) is 0. The summed E-state index contributed by atoms with van der Waals surface area (Å²) in [5.74, 6) is -0.831. The number of rotatable bonds is 5. The molecule has 0 aromatic carbocycles. The van der Waals surface area contributed by atoms with Crippen molar-refractivity contribution in [3.05, 3.63) is 0 Å². The van der Waals surface area contributed by atoms with Crippen molar-refractivity contribution in [3.63, 3.8) is 0 Å². The first-order valence-corrected chi connectivity index (χ1v) is 3.30. The topological polar surface area (TPSA) is 0 Å². The predicted octanol–water partition coefficient (Wildman–Crippen LogP) is 2.52. The second-order valence-electron chi connectivity index (χ2n) is 2.72. The van der Waals surface area contributed by atoms with Gasteiger partial charge in [-0.05, 0) is 20.6 Å². The van der Waals surface area contributed by atoms with E-state index in [1.54, 1.807) is 0 Å². The van der Waals surface area contributed by atoms with Gasteiger partial charge in [-0.2, -0.15) is 0 Å². The zero-order valence-corrected chi connectivity index (χ0v) is 6.73. The fraction of sp³-hybridized carbons (Fsp3) is 1.00. The lowest BCUT2D eigenvalue weighted by Crippen LogP contribution is -2.49. The zero-order valence-electron chi connectivity index (χ0n) is 21.7. The molecular weight excluding hydrogens is 134 g/mol. The van der Waals surface area contributed by atoms with Gasteiger partial charge in [0.1, 0.15) is 0 Å². The van der Waals surface area contributed by atoms with Crippen molar-refractivity contribution in [1.82, 2.24) is 0 Å². The van der Waals surface area contributed by atoms with Crippen LogP contribution in [0.25, 0.3) is 0 Å². The Labute approximate surface area is 93.1 Å². The second kappa shape index (κ2) is 4.76. The van der Waals surface area contributed by atoms with E-state index < -0.39 is 57.0 Å². The molecule has 68 valence electrons. The molecule has 0 atom stereocenters. The third kappa shape index (κ3) is 3.24. The highest BCUT2D eigenvalue weighted by molar-refractivity contribution is 4.44. The van der Waals surface area contributed by atoms with E-state index in [9.17, 15) is 0 Å². The van der Waals surface area contributed by atoms with E-state index in [0.717, 1.165) is 0 Å². The van der Waals surface area contributed by atoms with Crippen LogP contribution < -0.4 is 0 Å². The van der Waals surface area contributed by atoms with Crippen LogP contribution in [0, 0.1) is 5.92 Å². The summed E-state index contributed by atoms with van der Waals surface area (Å²) in [7, 11) is 0. The summed E-state index contributed by atoms with van der Waals surface area (Å²) < 4.78 is 113. The van der Waals surface area contributed by atoms with Crippen LogP contribution in [0.3, 0.4) is 0 Å². The summed E-state index contributed by atoms with van der Waals surface area (Å²) in [5, 5.41) is 0. The first-order valence-electron chi connectivity index (χ1n) is 10.8. The van der Waals surface area contributed by atoms with Crippen molar-refractivity contribution in [2.24, 2.45) is 5.92 Å². The van der Waals surface area contributed by atoms with Crippen molar-refractivity contribution in [2.75, 3.05) is 26.0 Å². The van der Waals surface area contributed by atoms with Gasteiger partial charge in [0.05, 0.1) is 34.3 Å². The molecule has 0 unspecified atom stereocenters. The van der Waals surface area contributed by atoms with E-state index in [1.807, 2.05) is 0 Å². The average molecular weight is 173 g/mol. The Morgan fingerprint density at radius 1 is 1.18 bits per heavy atom. The maximum absolute atomic E-state index is 8.04. The van der Waals surface area contributed by atoms with E-state index in [-0.39, 0.29) is 0 Å². The molecule has 11 heavy (non-hydrogen) atoms. The molecule has 0 rings (SSSR count). The minimum Gasteiger partial charge on any atom is -0.324 e. The Balaban J connectivity index is 7.47. The normalized spacial score (nSPS) is 40.1. The van der Waals surface area contributed by atoms with Gasteiger partial charge in [0.25, 0.3) is 0 Å². The molecule has 0 aromatic heterocycles. The molecule has 0 aliphatic rings. The number of nitrogens with zero attached hydrogens (tertiary/aromatic N) is 1. The van der Waals surface area contributed by atoms with Crippen molar-refractivity contribution >= 4 is 0 Å². The molecule has 0 radical (unpaired) electrons. The lowest BCUT2D eigenvalue weighted by atomic mass is 10.1. The first kappa shape index (κ1) is 1.75. The van der Waals surface area contributed by atoms with E-state index >= 15 is 0 Å². The van der Waals surface area contributed by atoms with E-state index in [0.29, 0.717) is 0 Å². The predicted molar refractivity (Wildman–Crippen MR) is 51.6 cm³/mol. The Hall–Kier alpha value is -0.0400. The highest BCUT2D eigenvalue weighted by Crippen LogP contribution is 2.09. The molecule has 0 saturated carbocycles. The van der Waals surface area contributed by atoms with E-state index in [1.165, 1.54) is 13.8 Å². The fourth-order valence-corrected chi connectivity index (χ4v) is 0.769. The molecular formula is C10H24N+. The maximum Gasteiger partial charge on any atom is 0.0921 e. The molecule has 1 nitrogen and oxygen atoms in total. The standard InChI is InChI=1S/C10H24N/c1-6-11(7-2,8-3)9-10(4)5/h10H,6-9H2,1-5H3/q+1/i1D3,2D3,3D3,6D2,7D2,8D2. The van der Waals surface area contributed by atoms with Crippen LogP contribution in [0.2, 0.25) is 0 Å². The molecule has 0 fully saturated rings. The van der Waals surface area contributed by atoms with Crippen molar-refractivity contribution in [3.8, 4) is 0 Å². The Morgan fingerprint density at radius 3 is 1.91 bits per heavy atom. The number of hydrogen-bond acceptors (Lipinski definition) is 0. The zero-order chi connectivity index (χ0) is 21.8. The van der Waals surface area contributed by atoms with Crippen LogP contribution in [-0.4, -0.2) is 30.5 Å². The van der Waals surface area contributed by atoms with E-state index in [2.05, 4.69) is 0 Å². The maximum atomic E-state index is 8.04. The molecule has 0 aromatic rings. The monoisotopic (exact) mass is 173 g/mol. The lowest BCUT2D eigenvalue weighted by Gasteiger charge is -2.37. The lowest BCUT2D eigenvalue weighted by molar-refractivity contribution is -0.926. The summed E-state index contributed by atoms with van der Waals surface area (Å²) in [6, 6.07) is 0. The van der Waals surface area contributed by atoms with Crippen molar-refractivity contribution in [2.45, 2.75) is 34.4 Å². The van der Waals surface area contributed by atoms with Gasteiger partial charge in [-0.1, -0.05) is 13.8 Å². The number of hydrogen-bond donors (Lipinski definition) is 0. The van der Waals surface area contributed by atoms with Gasteiger partial charge in [-0.15, -0.1) is 0 Å². The fourth-order valence-electron chi connectivity index (χ4n) is 0.769. The van der Waals surface area contributed by atoms with Crippen LogP contribution in [0.1, 0.15) is 55.0 Å². The second-order valence-corrected chi connectivity index (χ2v) is 2.72. The third-order valence-electron chi connectivity index (χ3n) is 1.21. The summed E-state index contributed by atoms with van der Waals surface area (Å²) >= 11 is 0. The number of quaternary nitrogens is 1. The molecule has 0 heterocycles. The summed E-state index contributed by atoms with van der Waals surface area (Å²) in [5.41, 5.74) is 0. The van der Waals surface area contributed by atoms with Gasteiger partial charge in [0, 0.05) is 18.3 Å². The van der Waals surface area contributed by atoms with Crippen LogP contribution in [0.5, 0.6) is 0 Å². The van der Waals surface area contributed by atoms with Gasteiger partial charge in [-0.25, -0.2) is 0 Å². The quantitative estimate of drug-likeness (QED) is 0.561.